The van der Waals surface area contributed by atoms with Crippen LogP contribution in [0.3, 0.4) is 0 Å². The molecule has 4 rings (SSSR count). The summed E-state index contributed by atoms with van der Waals surface area (Å²) in [6.45, 7) is 1.92. The van der Waals surface area contributed by atoms with Gasteiger partial charge in [-0.1, -0.05) is 39.0 Å². The van der Waals surface area contributed by atoms with E-state index < -0.39 is 23.3 Å². The Morgan fingerprint density at radius 1 is 1.50 bits per heavy atom. The van der Waals surface area contributed by atoms with Crippen LogP contribution in [0.25, 0.3) is 5.57 Å². The Balaban J connectivity index is 1.41. The lowest BCUT2D eigenvalue weighted by atomic mass is 9.89. The number of hydrogen-bond donors (Lipinski definition) is 3. The van der Waals surface area contributed by atoms with Gasteiger partial charge in [0.05, 0.1) is 11.3 Å². The number of hydrogen-bond acceptors (Lipinski definition) is 11. The molecule has 2 aliphatic heterocycles. The van der Waals surface area contributed by atoms with Gasteiger partial charge < -0.3 is 21.1 Å². The Morgan fingerprint density at radius 3 is 2.88 bits per heavy atom. The molecule has 0 spiro atoms. The molecule has 32 heavy (non-hydrogen) atoms. The second kappa shape index (κ2) is 9.29. The fourth-order valence-corrected chi connectivity index (χ4v) is 7.98. The molecule has 2 fully saturated rings. The monoisotopic (exact) mass is 576 g/mol. The third-order valence-electron chi connectivity index (χ3n) is 5.02. The van der Waals surface area contributed by atoms with Gasteiger partial charge in [-0.15, -0.1) is 33.3 Å². The van der Waals surface area contributed by atoms with Gasteiger partial charge in [0.1, 0.15) is 21.8 Å². The predicted octanol–water partition coefficient (Wildman–Crippen LogP) is 1.88. The Hall–Kier alpha value is -1.68. The number of amides is 2. The van der Waals surface area contributed by atoms with Crippen LogP contribution in [0.1, 0.15) is 10.7 Å². The predicted molar refractivity (Wildman–Crippen MR) is 129 cm³/mol. The molecule has 4 heterocycles. The minimum Gasteiger partial charge on any atom is -0.481 e. The van der Waals surface area contributed by atoms with E-state index in [1.54, 1.807) is 5.38 Å². The minimum absolute atomic E-state index is 0.0831. The molecule has 3 atom stereocenters. The highest BCUT2D eigenvalue weighted by Crippen LogP contribution is 2.44. The van der Waals surface area contributed by atoms with E-state index >= 15 is 0 Å². The van der Waals surface area contributed by atoms with E-state index in [0.717, 1.165) is 5.01 Å². The summed E-state index contributed by atoms with van der Waals surface area (Å²) < 4.78 is 0.701. The Kier molecular flexibility index (Phi) is 6.81. The highest BCUT2D eigenvalue weighted by atomic mass is 79.9. The summed E-state index contributed by atoms with van der Waals surface area (Å²) in [6.07, 6.45) is 0. The number of aliphatic carboxylic acids is 1. The molecule has 2 saturated heterocycles. The molecule has 0 aromatic carbocycles. The molecule has 15 heteroatoms. The number of thiazole rings is 1. The molecule has 2 amide bonds. The molecule has 0 saturated carbocycles. The number of nitrogens with two attached hydrogens (primary N) is 1. The van der Waals surface area contributed by atoms with Gasteiger partial charge in [0.2, 0.25) is 5.91 Å². The van der Waals surface area contributed by atoms with E-state index in [9.17, 15) is 19.5 Å². The smallest absolute Gasteiger partial charge is 0.313 e. The first-order valence-electron chi connectivity index (χ1n) is 9.15. The first-order chi connectivity index (χ1) is 15.2. The highest BCUT2D eigenvalue weighted by molar-refractivity contribution is 9.11. The lowest BCUT2D eigenvalue weighted by molar-refractivity contribution is -0.157. The van der Waals surface area contributed by atoms with Crippen LogP contribution < -0.4 is 11.1 Å². The van der Waals surface area contributed by atoms with Crippen molar-refractivity contribution in [3.8, 4) is 0 Å². The Bertz CT molecular complexity index is 1110. The normalized spacial score (nSPS) is 25.2. The van der Waals surface area contributed by atoms with Crippen molar-refractivity contribution >= 4 is 90.6 Å². The van der Waals surface area contributed by atoms with Crippen molar-refractivity contribution in [3.63, 3.8) is 0 Å². The van der Waals surface area contributed by atoms with E-state index in [-0.39, 0.29) is 29.2 Å². The van der Waals surface area contributed by atoms with Crippen molar-refractivity contribution in [2.75, 3.05) is 23.8 Å². The number of nitrogen functional groups attached to an aromatic ring is 1. The van der Waals surface area contributed by atoms with E-state index in [0.29, 0.717) is 20.9 Å². The first kappa shape index (κ1) is 23.5. The standard InChI is InChI=1S/C17H17BrN6O4S4/c1-7-22-23-16(32-7)31-6-17(14(27)28)4-24-12(26)10(13(24)30-5-17)21-11(25)8(2-18)9-3-29-15(19)20-9/h2-3,10,13H,4-6H2,1H3,(H2,19,20)(H,21,25)(H,27,28)/t10?,13-,17?/m1/s1. The number of fused-ring (bicyclic) bond motifs is 1. The number of carboxylic acid groups (broad SMARTS) is 1. The van der Waals surface area contributed by atoms with Crippen molar-refractivity contribution in [2.45, 2.75) is 22.7 Å². The summed E-state index contributed by atoms with van der Waals surface area (Å²) in [5.74, 6) is -1.12. The number of anilines is 1. The maximum absolute atomic E-state index is 12.8. The lowest BCUT2D eigenvalue weighted by Crippen LogP contribution is -2.74. The largest absolute Gasteiger partial charge is 0.481 e. The van der Waals surface area contributed by atoms with Crippen LogP contribution in [-0.4, -0.2) is 72.4 Å². The van der Waals surface area contributed by atoms with Crippen LogP contribution in [0.4, 0.5) is 5.13 Å². The number of rotatable bonds is 7. The third-order valence-corrected chi connectivity index (χ3v) is 10.00. The van der Waals surface area contributed by atoms with E-state index in [2.05, 4.69) is 36.4 Å². The summed E-state index contributed by atoms with van der Waals surface area (Å²) in [6, 6.07) is -0.726. The number of aryl methyl sites for hydroxylation is 1. The number of carbonyl (C=O) groups excluding carboxylic acids is 2. The summed E-state index contributed by atoms with van der Waals surface area (Å²) >= 11 is 8.48. The van der Waals surface area contributed by atoms with Crippen LogP contribution in [0.5, 0.6) is 0 Å². The lowest BCUT2D eigenvalue weighted by Gasteiger charge is -2.53. The van der Waals surface area contributed by atoms with E-state index in [1.807, 2.05) is 6.92 Å². The number of aromatic nitrogens is 3. The van der Waals surface area contributed by atoms with Gasteiger partial charge in [-0.05, 0) is 11.9 Å². The summed E-state index contributed by atoms with van der Waals surface area (Å²) in [5, 5.41) is 23.1. The summed E-state index contributed by atoms with van der Waals surface area (Å²) in [5.41, 5.74) is 5.21. The Morgan fingerprint density at radius 2 is 2.28 bits per heavy atom. The number of halogens is 1. The van der Waals surface area contributed by atoms with Gasteiger partial charge in [0.25, 0.3) is 5.91 Å². The minimum atomic E-state index is -1.10. The average molecular weight is 578 g/mol. The zero-order valence-corrected chi connectivity index (χ0v) is 21.3. The van der Waals surface area contributed by atoms with Crippen molar-refractivity contribution in [1.82, 2.24) is 25.4 Å². The van der Waals surface area contributed by atoms with Gasteiger partial charge in [-0.25, -0.2) is 4.98 Å². The fourth-order valence-electron chi connectivity index (χ4n) is 3.29. The highest BCUT2D eigenvalue weighted by Gasteiger charge is 2.57. The fraction of sp³-hybridized carbons (Fsp3) is 0.412. The SMILES string of the molecule is Cc1nnc(SCC2(C(=O)O)CS[C@@H]3C(NC(=O)C(=CBr)c4csc(N)n4)C(=O)N3C2)s1. The molecular weight excluding hydrogens is 560 g/mol. The van der Waals surface area contributed by atoms with Gasteiger partial charge in [0, 0.05) is 23.4 Å². The molecule has 2 unspecified atom stereocenters. The molecule has 0 bridgehead atoms. The van der Waals surface area contributed by atoms with Crippen LogP contribution >= 0.6 is 62.1 Å². The van der Waals surface area contributed by atoms with Gasteiger partial charge in [0.15, 0.2) is 9.47 Å². The maximum Gasteiger partial charge on any atom is 0.313 e. The van der Waals surface area contributed by atoms with Crippen molar-refractivity contribution in [3.05, 3.63) is 21.1 Å². The topological polar surface area (TPSA) is 151 Å². The van der Waals surface area contributed by atoms with Crippen LogP contribution in [0.15, 0.2) is 14.7 Å². The molecule has 2 aromatic rings. The van der Waals surface area contributed by atoms with Crippen LogP contribution in [0.2, 0.25) is 0 Å². The average Bonchev–Trinajstić information content (AvgIpc) is 3.38. The summed E-state index contributed by atoms with van der Waals surface area (Å²) in [4.78, 5) is 44.7. The zero-order valence-electron chi connectivity index (χ0n) is 16.5. The van der Waals surface area contributed by atoms with Gasteiger partial charge >= 0.3 is 5.97 Å². The van der Waals surface area contributed by atoms with Crippen LogP contribution in [0, 0.1) is 12.3 Å². The molecule has 170 valence electrons. The van der Waals surface area contributed by atoms with E-state index in [4.69, 9.17) is 5.73 Å². The molecular formula is C17H17BrN6O4S4. The quantitative estimate of drug-likeness (QED) is 0.253. The zero-order chi connectivity index (χ0) is 23.0. The second-order valence-electron chi connectivity index (χ2n) is 7.17. The molecule has 4 N–H and O–H groups in total. The molecule has 2 aliphatic rings. The molecule has 0 aliphatic carbocycles. The van der Waals surface area contributed by atoms with Gasteiger partial charge in [-0.2, -0.15) is 0 Å². The first-order valence-corrected chi connectivity index (χ1v) is 13.8. The second-order valence-corrected chi connectivity index (χ2v) is 12.0. The van der Waals surface area contributed by atoms with Gasteiger partial charge in [-0.3, -0.25) is 14.4 Å². The Labute approximate surface area is 207 Å². The van der Waals surface area contributed by atoms with Crippen molar-refractivity contribution in [1.29, 1.82) is 0 Å². The number of carboxylic acids is 1. The number of carbonyl (C=O) groups is 3. The van der Waals surface area contributed by atoms with Crippen molar-refractivity contribution in [2.24, 2.45) is 5.41 Å². The van der Waals surface area contributed by atoms with E-state index in [1.165, 1.54) is 56.1 Å². The molecule has 2 aromatic heterocycles. The summed E-state index contributed by atoms with van der Waals surface area (Å²) in [7, 11) is 0. The number of nitrogens with one attached hydrogen (secondary N) is 1. The maximum atomic E-state index is 12.8. The van der Waals surface area contributed by atoms with Crippen molar-refractivity contribution < 1.29 is 19.5 Å². The number of nitrogens with zero attached hydrogens (tertiary/aromatic N) is 4. The number of thioether (sulfide) groups is 2. The molecule has 0 radical (unpaired) electrons. The van der Waals surface area contributed by atoms with Crippen LogP contribution in [-0.2, 0) is 14.4 Å². The number of β-lactam (4-membered cyclic amide) rings is 1. The third kappa shape index (κ3) is 4.40. The molecule has 10 nitrogen and oxygen atoms in total.